The van der Waals surface area contributed by atoms with Gasteiger partial charge in [0.15, 0.2) is 0 Å². The summed E-state index contributed by atoms with van der Waals surface area (Å²) in [6.45, 7) is 2.60. The van der Waals surface area contributed by atoms with Crippen LogP contribution in [0.4, 0.5) is 17.1 Å². The number of anilines is 3. The monoisotopic (exact) mass is 399 g/mol. The van der Waals surface area contributed by atoms with Crippen molar-refractivity contribution in [2.45, 2.75) is 25.8 Å². The molecule has 0 saturated carbocycles. The molecule has 1 aliphatic heterocycles. The largest absolute Gasteiger partial charge is 0.374 e. The molecule has 1 atom stereocenters. The van der Waals surface area contributed by atoms with Crippen LogP contribution in [0.5, 0.6) is 0 Å². The third-order valence-corrected chi connectivity index (χ3v) is 5.30. The summed E-state index contributed by atoms with van der Waals surface area (Å²) in [4.78, 5) is 26.5. The number of hydrogen-bond donors (Lipinski definition) is 2. The Hall–Kier alpha value is -3.60. The normalized spacial score (nSPS) is 14.4. The number of carbonyl (C=O) groups is 2. The lowest BCUT2D eigenvalue weighted by Gasteiger charge is -2.19. The molecule has 5 heteroatoms. The molecule has 1 aliphatic rings. The van der Waals surface area contributed by atoms with Crippen molar-refractivity contribution < 1.29 is 9.59 Å². The van der Waals surface area contributed by atoms with Crippen LogP contribution in [0.1, 0.15) is 19.8 Å². The first-order valence-electron chi connectivity index (χ1n) is 10.2. The van der Waals surface area contributed by atoms with Crippen molar-refractivity contribution in [2.24, 2.45) is 0 Å². The van der Waals surface area contributed by atoms with Crippen molar-refractivity contribution >= 4 is 28.9 Å². The van der Waals surface area contributed by atoms with Gasteiger partial charge in [0, 0.05) is 35.6 Å². The molecule has 2 amide bonds. The number of hydrogen-bond acceptors (Lipinski definition) is 3. The molecular formula is C25H25N3O2. The van der Waals surface area contributed by atoms with E-state index in [1.165, 1.54) is 0 Å². The Morgan fingerprint density at radius 2 is 1.63 bits per heavy atom. The molecule has 0 aliphatic carbocycles. The van der Waals surface area contributed by atoms with Crippen molar-refractivity contribution in [3.8, 4) is 11.1 Å². The van der Waals surface area contributed by atoms with Crippen molar-refractivity contribution in [1.82, 2.24) is 0 Å². The summed E-state index contributed by atoms with van der Waals surface area (Å²) in [6, 6.07) is 25.0. The fourth-order valence-corrected chi connectivity index (χ4v) is 3.68. The molecule has 1 saturated heterocycles. The first kappa shape index (κ1) is 19.7. The number of nitrogens with one attached hydrogen (secondary N) is 2. The Morgan fingerprint density at radius 1 is 0.933 bits per heavy atom. The molecule has 2 N–H and O–H groups in total. The molecular weight excluding hydrogens is 374 g/mol. The van der Waals surface area contributed by atoms with E-state index < -0.39 is 6.04 Å². The van der Waals surface area contributed by atoms with Gasteiger partial charge in [0.05, 0.1) is 0 Å². The molecule has 0 bridgehead atoms. The van der Waals surface area contributed by atoms with E-state index in [0.717, 1.165) is 41.2 Å². The van der Waals surface area contributed by atoms with Crippen molar-refractivity contribution in [3.05, 3.63) is 78.9 Å². The van der Waals surface area contributed by atoms with Crippen LogP contribution in [-0.2, 0) is 9.59 Å². The predicted molar refractivity (Wildman–Crippen MR) is 122 cm³/mol. The van der Waals surface area contributed by atoms with Gasteiger partial charge in [-0.15, -0.1) is 0 Å². The van der Waals surface area contributed by atoms with Gasteiger partial charge in [0.2, 0.25) is 11.8 Å². The molecule has 0 radical (unpaired) electrons. The average Bonchev–Trinajstić information content (AvgIpc) is 3.21. The van der Waals surface area contributed by atoms with Crippen molar-refractivity contribution in [2.75, 3.05) is 22.1 Å². The van der Waals surface area contributed by atoms with Gasteiger partial charge in [0.1, 0.15) is 6.04 Å². The van der Waals surface area contributed by atoms with Gasteiger partial charge < -0.3 is 15.5 Å². The fraction of sp³-hybridized carbons (Fsp3) is 0.200. The summed E-state index contributed by atoms with van der Waals surface area (Å²) in [5.74, 6) is 0.0534. The van der Waals surface area contributed by atoms with E-state index in [9.17, 15) is 9.59 Å². The summed E-state index contributed by atoms with van der Waals surface area (Å²) >= 11 is 0. The van der Waals surface area contributed by atoms with Gasteiger partial charge in [-0.25, -0.2) is 0 Å². The highest BCUT2D eigenvalue weighted by Crippen LogP contribution is 2.28. The van der Waals surface area contributed by atoms with Crippen LogP contribution in [0.15, 0.2) is 78.9 Å². The van der Waals surface area contributed by atoms with Crippen LogP contribution in [0.25, 0.3) is 11.1 Å². The zero-order valence-corrected chi connectivity index (χ0v) is 17.0. The van der Waals surface area contributed by atoms with Gasteiger partial charge >= 0.3 is 0 Å². The van der Waals surface area contributed by atoms with Gasteiger partial charge in [-0.1, -0.05) is 48.5 Å². The van der Waals surface area contributed by atoms with Crippen LogP contribution in [0.3, 0.4) is 0 Å². The van der Waals surface area contributed by atoms with Gasteiger partial charge in [0.25, 0.3) is 0 Å². The lowest BCUT2D eigenvalue weighted by atomic mass is 10.0. The standard InChI is InChI=1S/C25H25N3O2/c1-18(26-20-13-15-21(16-14-20)28-17-7-12-24(28)29)25(30)27-23-11-6-5-10-22(23)19-8-3-2-4-9-19/h2-6,8-11,13-16,18,26H,7,12,17H2,1H3,(H,27,30). The van der Waals surface area contributed by atoms with Crippen molar-refractivity contribution in [1.29, 1.82) is 0 Å². The topological polar surface area (TPSA) is 61.4 Å². The average molecular weight is 399 g/mol. The second-order valence-corrected chi connectivity index (χ2v) is 7.46. The van der Waals surface area contributed by atoms with Crippen LogP contribution >= 0.6 is 0 Å². The molecule has 3 aromatic carbocycles. The van der Waals surface area contributed by atoms with E-state index in [1.807, 2.05) is 85.8 Å². The number of benzene rings is 3. The number of carbonyl (C=O) groups excluding carboxylic acids is 2. The minimum absolute atomic E-state index is 0.114. The summed E-state index contributed by atoms with van der Waals surface area (Å²) in [5.41, 5.74) is 4.56. The first-order chi connectivity index (χ1) is 14.6. The number of amides is 2. The quantitative estimate of drug-likeness (QED) is 0.618. The predicted octanol–water partition coefficient (Wildman–Crippen LogP) is 4.92. The van der Waals surface area contributed by atoms with E-state index in [0.29, 0.717) is 6.42 Å². The minimum atomic E-state index is -0.423. The molecule has 3 aromatic rings. The van der Waals surface area contributed by atoms with Crippen LogP contribution in [0, 0.1) is 0 Å². The van der Waals surface area contributed by atoms with Crippen LogP contribution < -0.4 is 15.5 Å². The first-order valence-corrected chi connectivity index (χ1v) is 10.2. The maximum Gasteiger partial charge on any atom is 0.246 e. The second kappa shape index (κ2) is 8.82. The Labute approximate surface area is 176 Å². The molecule has 0 spiro atoms. The van der Waals surface area contributed by atoms with Gasteiger partial charge in [-0.3, -0.25) is 9.59 Å². The van der Waals surface area contributed by atoms with E-state index in [1.54, 1.807) is 4.90 Å². The summed E-state index contributed by atoms with van der Waals surface area (Å²) in [6.07, 6.45) is 1.52. The van der Waals surface area contributed by atoms with Crippen LogP contribution in [0.2, 0.25) is 0 Å². The minimum Gasteiger partial charge on any atom is -0.374 e. The zero-order chi connectivity index (χ0) is 20.9. The smallest absolute Gasteiger partial charge is 0.246 e. The van der Waals surface area contributed by atoms with E-state index in [-0.39, 0.29) is 11.8 Å². The van der Waals surface area contributed by atoms with Gasteiger partial charge in [-0.2, -0.15) is 0 Å². The number of nitrogens with zero attached hydrogens (tertiary/aromatic N) is 1. The summed E-state index contributed by atoms with van der Waals surface area (Å²) < 4.78 is 0. The molecule has 5 nitrogen and oxygen atoms in total. The lowest BCUT2D eigenvalue weighted by molar-refractivity contribution is -0.117. The maximum absolute atomic E-state index is 12.8. The van der Waals surface area contributed by atoms with Gasteiger partial charge in [-0.05, 0) is 49.2 Å². The Morgan fingerprint density at radius 3 is 2.33 bits per heavy atom. The molecule has 1 heterocycles. The zero-order valence-electron chi connectivity index (χ0n) is 17.0. The third kappa shape index (κ3) is 4.35. The molecule has 1 unspecified atom stereocenters. The summed E-state index contributed by atoms with van der Waals surface area (Å²) in [7, 11) is 0. The molecule has 4 rings (SSSR count). The number of para-hydroxylation sites is 1. The van der Waals surface area contributed by atoms with Crippen LogP contribution in [-0.4, -0.2) is 24.4 Å². The van der Waals surface area contributed by atoms with E-state index in [2.05, 4.69) is 10.6 Å². The highest BCUT2D eigenvalue weighted by molar-refractivity contribution is 5.99. The molecule has 0 aromatic heterocycles. The highest BCUT2D eigenvalue weighted by atomic mass is 16.2. The Balaban J connectivity index is 1.42. The Bertz CT molecular complexity index is 1030. The fourth-order valence-electron chi connectivity index (χ4n) is 3.68. The molecule has 1 fully saturated rings. The summed E-state index contributed by atoms with van der Waals surface area (Å²) in [5, 5.41) is 6.27. The third-order valence-electron chi connectivity index (χ3n) is 5.30. The molecule has 30 heavy (non-hydrogen) atoms. The number of rotatable bonds is 6. The van der Waals surface area contributed by atoms with E-state index >= 15 is 0 Å². The van der Waals surface area contributed by atoms with Crippen molar-refractivity contribution in [3.63, 3.8) is 0 Å². The molecule has 152 valence electrons. The van der Waals surface area contributed by atoms with E-state index in [4.69, 9.17) is 0 Å². The Kier molecular flexibility index (Phi) is 5.80. The maximum atomic E-state index is 12.8. The SMILES string of the molecule is CC(Nc1ccc(N2CCCC2=O)cc1)C(=O)Nc1ccccc1-c1ccccc1. The highest BCUT2D eigenvalue weighted by Gasteiger charge is 2.21. The lowest BCUT2D eigenvalue weighted by Crippen LogP contribution is -2.32. The second-order valence-electron chi connectivity index (χ2n) is 7.46.